The summed E-state index contributed by atoms with van der Waals surface area (Å²) in [5.41, 5.74) is 10.7. The van der Waals surface area contributed by atoms with Gasteiger partial charge in [0.1, 0.15) is 22.8 Å². The first-order valence-corrected chi connectivity index (χ1v) is 14.1. The van der Waals surface area contributed by atoms with Crippen molar-refractivity contribution < 1.29 is 0 Å². The lowest BCUT2D eigenvalue weighted by molar-refractivity contribution is 1.20. The molecule has 0 N–H and O–H groups in total. The Kier molecular flexibility index (Phi) is 6.27. The number of rotatable bonds is 5. The topological polar surface area (TPSA) is 103 Å². The Morgan fingerprint density at radius 3 is 0.909 bits per heavy atom. The summed E-state index contributed by atoms with van der Waals surface area (Å²) in [6, 6.07) is 35.3. The molecule has 8 nitrogen and oxygen atoms in total. The fraction of sp³-hybridized carbons (Fsp3) is 0. The Balaban J connectivity index is 1.27. The third-order valence-corrected chi connectivity index (χ3v) is 7.29. The second-order valence-corrected chi connectivity index (χ2v) is 10.1. The first-order valence-electron chi connectivity index (χ1n) is 14.1. The molecule has 8 heteroatoms. The summed E-state index contributed by atoms with van der Waals surface area (Å²) < 4.78 is 0. The molecular weight excluding hydrogens is 544 g/mol. The van der Waals surface area contributed by atoms with Crippen molar-refractivity contribution in [3.63, 3.8) is 0 Å². The van der Waals surface area contributed by atoms with Gasteiger partial charge in [0.05, 0.1) is 44.8 Å². The van der Waals surface area contributed by atoms with Crippen LogP contribution in [0.25, 0.3) is 78.7 Å². The van der Waals surface area contributed by atoms with Crippen molar-refractivity contribution in [1.82, 2.24) is 39.9 Å². The van der Waals surface area contributed by atoms with E-state index in [1.807, 2.05) is 97.1 Å². The Morgan fingerprint density at radius 2 is 0.614 bits per heavy atom. The highest BCUT2D eigenvalue weighted by Crippen LogP contribution is 2.33. The van der Waals surface area contributed by atoms with Gasteiger partial charge in [-0.05, 0) is 83.9 Å². The van der Waals surface area contributed by atoms with Crippen molar-refractivity contribution >= 4 is 22.1 Å². The van der Waals surface area contributed by atoms with E-state index in [1.165, 1.54) is 0 Å². The summed E-state index contributed by atoms with van der Waals surface area (Å²) in [6.45, 7) is 0. The van der Waals surface area contributed by atoms with Crippen LogP contribution in [0.15, 0.2) is 134 Å². The van der Waals surface area contributed by atoms with Crippen molar-refractivity contribution in [2.45, 2.75) is 0 Å². The molecule has 0 saturated carbocycles. The van der Waals surface area contributed by atoms with E-state index in [-0.39, 0.29) is 0 Å². The molecule has 44 heavy (non-hydrogen) atoms. The summed E-state index contributed by atoms with van der Waals surface area (Å²) in [5.74, 6) is 0. The number of aromatic nitrogens is 8. The predicted octanol–water partition coefficient (Wildman–Crippen LogP) is 7.49. The molecule has 6 heterocycles. The molecule has 0 spiro atoms. The van der Waals surface area contributed by atoms with E-state index < -0.39 is 0 Å². The Bertz CT molecular complexity index is 2100. The maximum atomic E-state index is 5.06. The van der Waals surface area contributed by atoms with E-state index >= 15 is 0 Å². The van der Waals surface area contributed by atoms with Gasteiger partial charge in [-0.3, -0.25) is 19.9 Å². The van der Waals surface area contributed by atoms with Crippen molar-refractivity contribution in [3.8, 4) is 56.7 Å². The van der Waals surface area contributed by atoms with Gasteiger partial charge in [0.2, 0.25) is 0 Å². The van der Waals surface area contributed by atoms with Gasteiger partial charge in [-0.2, -0.15) is 0 Å². The number of hydrogen-bond donors (Lipinski definition) is 0. The zero-order chi connectivity index (χ0) is 29.3. The summed E-state index contributed by atoms with van der Waals surface area (Å²) in [4.78, 5) is 38.3. The summed E-state index contributed by atoms with van der Waals surface area (Å²) >= 11 is 0. The van der Waals surface area contributed by atoms with E-state index in [0.717, 1.165) is 56.0 Å². The third-order valence-electron chi connectivity index (χ3n) is 7.29. The lowest BCUT2D eigenvalue weighted by atomic mass is 10.0. The monoisotopic (exact) mass is 566 g/mol. The largest absolute Gasteiger partial charge is 0.255 e. The van der Waals surface area contributed by atoms with Gasteiger partial charge in [-0.15, -0.1) is 0 Å². The summed E-state index contributed by atoms with van der Waals surface area (Å²) in [6.07, 6.45) is 7.03. The highest BCUT2D eigenvalue weighted by Gasteiger charge is 2.17. The normalized spacial score (nSPS) is 11.2. The number of benzene rings is 2. The molecule has 0 amide bonds. The van der Waals surface area contributed by atoms with Crippen LogP contribution < -0.4 is 0 Å². The molecule has 0 bridgehead atoms. The minimum atomic E-state index is 0.681. The van der Waals surface area contributed by atoms with Crippen LogP contribution >= 0.6 is 0 Å². The van der Waals surface area contributed by atoms with Gasteiger partial charge in [-0.1, -0.05) is 36.4 Å². The molecule has 2 aromatic carbocycles. The molecule has 0 aliphatic rings. The number of pyridine rings is 4. The van der Waals surface area contributed by atoms with Gasteiger partial charge >= 0.3 is 0 Å². The average molecular weight is 567 g/mol. The fourth-order valence-electron chi connectivity index (χ4n) is 5.19. The number of fused-ring (bicyclic) bond motifs is 2. The molecular formula is C36H22N8. The Labute approximate surface area is 252 Å². The van der Waals surface area contributed by atoms with E-state index in [1.54, 1.807) is 24.8 Å². The molecule has 0 unspecified atom stereocenters. The highest BCUT2D eigenvalue weighted by atomic mass is 14.9. The molecule has 0 radical (unpaired) electrons. The standard InChI is InChI=1S/C36H22N8/c1-5-17-37-27(9-1)33-35(29-11-3-7-19-39-29)43-31-21-23(13-15-25(31)41-33)24-14-16-26-32(22-24)44-36(30-12-4-8-20-40-30)34(42-26)28-10-2-6-18-38-28/h1-22H. The smallest absolute Gasteiger partial charge is 0.117 e. The van der Waals surface area contributed by atoms with Crippen molar-refractivity contribution in [3.05, 3.63) is 134 Å². The molecule has 0 saturated heterocycles. The predicted molar refractivity (Wildman–Crippen MR) is 171 cm³/mol. The van der Waals surface area contributed by atoms with Crippen molar-refractivity contribution in [2.24, 2.45) is 0 Å². The fourth-order valence-corrected chi connectivity index (χ4v) is 5.19. The molecule has 6 aromatic heterocycles. The minimum Gasteiger partial charge on any atom is -0.255 e. The van der Waals surface area contributed by atoms with E-state index in [2.05, 4.69) is 32.1 Å². The summed E-state index contributed by atoms with van der Waals surface area (Å²) in [5, 5.41) is 0. The lowest BCUT2D eigenvalue weighted by Crippen LogP contribution is -1.99. The van der Waals surface area contributed by atoms with Crippen LogP contribution in [0.2, 0.25) is 0 Å². The quantitative estimate of drug-likeness (QED) is 0.211. The van der Waals surface area contributed by atoms with Crippen molar-refractivity contribution in [1.29, 1.82) is 0 Å². The highest BCUT2D eigenvalue weighted by molar-refractivity contribution is 5.91. The maximum Gasteiger partial charge on any atom is 0.117 e. The second-order valence-electron chi connectivity index (χ2n) is 10.1. The van der Waals surface area contributed by atoms with Crippen LogP contribution in [-0.4, -0.2) is 39.9 Å². The molecule has 206 valence electrons. The van der Waals surface area contributed by atoms with Gasteiger partial charge < -0.3 is 0 Å². The Morgan fingerprint density at radius 1 is 0.295 bits per heavy atom. The van der Waals surface area contributed by atoms with Crippen LogP contribution in [0.3, 0.4) is 0 Å². The SMILES string of the molecule is c1ccc(-c2nc3ccc(-c4ccc5nc(-c6ccccn6)c(-c6ccccn6)nc5c4)cc3nc2-c2ccccn2)nc1. The van der Waals surface area contributed by atoms with Crippen LogP contribution in [0, 0.1) is 0 Å². The first-order chi connectivity index (χ1) is 21.8. The van der Waals surface area contributed by atoms with E-state index in [4.69, 9.17) is 19.9 Å². The maximum absolute atomic E-state index is 5.06. The molecule has 8 aromatic rings. The second kappa shape index (κ2) is 10.8. The Hall–Kier alpha value is -6.28. The van der Waals surface area contributed by atoms with Gasteiger partial charge in [-0.25, -0.2) is 19.9 Å². The van der Waals surface area contributed by atoms with Crippen LogP contribution in [-0.2, 0) is 0 Å². The molecule has 8 rings (SSSR count). The minimum absolute atomic E-state index is 0.681. The molecule has 0 atom stereocenters. The van der Waals surface area contributed by atoms with E-state index in [9.17, 15) is 0 Å². The van der Waals surface area contributed by atoms with Crippen LogP contribution in [0.4, 0.5) is 0 Å². The first kappa shape index (κ1) is 25.4. The molecule has 0 fully saturated rings. The zero-order valence-electron chi connectivity index (χ0n) is 23.3. The van der Waals surface area contributed by atoms with Crippen LogP contribution in [0.1, 0.15) is 0 Å². The molecule has 0 aliphatic carbocycles. The number of hydrogen-bond acceptors (Lipinski definition) is 8. The van der Waals surface area contributed by atoms with Gasteiger partial charge in [0.15, 0.2) is 0 Å². The molecule has 0 aliphatic heterocycles. The average Bonchev–Trinajstić information content (AvgIpc) is 3.11. The zero-order valence-corrected chi connectivity index (χ0v) is 23.3. The number of nitrogens with zero attached hydrogens (tertiary/aromatic N) is 8. The lowest BCUT2D eigenvalue weighted by Gasteiger charge is -2.12. The summed E-state index contributed by atoms with van der Waals surface area (Å²) in [7, 11) is 0. The van der Waals surface area contributed by atoms with Gasteiger partial charge in [0.25, 0.3) is 0 Å². The van der Waals surface area contributed by atoms with Gasteiger partial charge in [0, 0.05) is 24.8 Å². The van der Waals surface area contributed by atoms with Crippen molar-refractivity contribution in [2.75, 3.05) is 0 Å². The van der Waals surface area contributed by atoms with E-state index in [0.29, 0.717) is 22.8 Å². The van der Waals surface area contributed by atoms with Crippen LogP contribution in [0.5, 0.6) is 0 Å². The third kappa shape index (κ3) is 4.70.